The van der Waals surface area contributed by atoms with Gasteiger partial charge in [-0.3, -0.25) is 19.6 Å². The van der Waals surface area contributed by atoms with Gasteiger partial charge in [0.15, 0.2) is 0 Å². The van der Waals surface area contributed by atoms with Crippen LogP contribution >= 0.6 is 0 Å². The maximum absolute atomic E-state index is 12.2. The van der Waals surface area contributed by atoms with Gasteiger partial charge in [-0.05, 0) is 12.3 Å². The van der Waals surface area contributed by atoms with Gasteiger partial charge in [0.2, 0.25) is 18.2 Å². The molecule has 122 valence electrons. The molecule has 4 N–H and O–H groups in total. The van der Waals surface area contributed by atoms with Crippen LogP contribution in [0.2, 0.25) is 0 Å². The number of hydroxylamine groups is 2. The fourth-order valence-corrected chi connectivity index (χ4v) is 2.05. The van der Waals surface area contributed by atoms with Gasteiger partial charge in [0.1, 0.15) is 6.04 Å². The summed E-state index contributed by atoms with van der Waals surface area (Å²) in [7, 11) is 0. The molecule has 0 rings (SSSR count). The van der Waals surface area contributed by atoms with Gasteiger partial charge < -0.3 is 11.1 Å². The molecule has 2 atom stereocenters. The van der Waals surface area contributed by atoms with E-state index in [-0.39, 0.29) is 24.8 Å². The number of carbonyl (C=O) groups excluding carboxylic acids is 3. The Balaban J connectivity index is 4.74. The number of nitrogens with zero attached hydrogens (tertiary/aromatic N) is 1. The predicted octanol–water partition coefficient (Wildman–Crippen LogP) is 0.657. The second kappa shape index (κ2) is 10.1. The van der Waals surface area contributed by atoms with Gasteiger partial charge in [0, 0.05) is 0 Å². The van der Waals surface area contributed by atoms with Crippen molar-refractivity contribution in [3.63, 3.8) is 0 Å². The monoisotopic (exact) mass is 301 g/mol. The van der Waals surface area contributed by atoms with E-state index in [1.165, 1.54) is 0 Å². The highest BCUT2D eigenvalue weighted by Gasteiger charge is 2.27. The first-order valence-electron chi connectivity index (χ1n) is 7.33. The van der Waals surface area contributed by atoms with Crippen LogP contribution in [0.5, 0.6) is 0 Å². The van der Waals surface area contributed by atoms with E-state index in [1.807, 2.05) is 6.92 Å². The molecule has 3 amide bonds. The molecule has 0 aliphatic carbocycles. The predicted molar refractivity (Wildman–Crippen MR) is 78.2 cm³/mol. The lowest BCUT2D eigenvalue weighted by atomic mass is 9.97. The molecule has 0 unspecified atom stereocenters. The lowest BCUT2D eigenvalue weighted by Crippen LogP contribution is -2.50. The lowest BCUT2D eigenvalue weighted by Gasteiger charge is -2.24. The van der Waals surface area contributed by atoms with E-state index >= 15 is 0 Å². The first-order chi connectivity index (χ1) is 9.83. The van der Waals surface area contributed by atoms with Crippen molar-refractivity contribution in [3.8, 4) is 0 Å². The zero-order chi connectivity index (χ0) is 16.4. The van der Waals surface area contributed by atoms with Crippen molar-refractivity contribution in [2.24, 2.45) is 17.6 Å². The number of amides is 3. The largest absolute Gasteiger partial charge is 0.368 e. The van der Waals surface area contributed by atoms with Crippen molar-refractivity contribution in [1.29, 1.82) is 0 Å². The van der Waals surface area contributed by atoms with Crippen LogP contribution in [0.15, 0.2) is 0 Å². The summed E-state index contributed by atoms with van der Waals surface area (Å²) < 4.78 is 0. The Morgan fingerprint density at radius 3 is 2.38 bits per heavy atom. The van der Waals surface area contributed by atoms with Gasteiger partial charge in [-0.25, -0.2) is 5.06 Å². The molecule has 0 saturated heterocycles. The molecular formula is C14H27N3O4. The molecule has 0 aromatic rings. The van der Waals surface area contributed by atoms with Gasteiger partial charge in [0.05, 0.1) is 12.5 Å². The summed E-state index contributed by atoms with van der Waals surface area (Å²) in [6.07, 6.45) is 3.56. The minimum atomic E-state index is -0.755. The highest BCUT2D eigenvalue weighted by atomic mass is 16.5. The zero-order valence-electron chi connectivity index (χ0n) is 13.0. The highest BCUT2D eigenvalue weighted by Crippen LogP contribution is 2.13. The number of unbranched alkanes of at least 4 members (excludes halogenated alkanes) is 2. The van der Waals surface area contributed by atoms with Crippen molar-refractivity contribution >= 4 is 18.2 Å². The number of primary amides is 1. The summed E-state index contributed by atoms with van der Waals surface area (Å²) >= 11 is 0. The van der Waals surface area contributed by atoms with E-state index in [1.54, 1.807) is 13.8 Å². The summed E-state index contributed by atoms with van der Waals surface area (Å²) in [5.41, 5.74) is 5.27. The fourth-order valence-electron chi connectivity index (χ4n) is 2.05. The van der Waals surface area contributed by atoms with Crippen molar-refractivity contribution in [1.82, 2.24) is 10.4 Å². The molecule has 0 saturated carbocycles. The topological polar surface area (TPSA) is 113 Å². The van der Waals surface area contributed by atoms with Crippen LogP contribution in [0, 0.1) is 11.8 Å². The molecule has 0 aliphatic rings. The Hall–Kier alpha value is -1.63. The standard InChI is InChI=1S/C14H27N3O4/c1-4-5-6-7-11(8-17(21)9-18)14(20)16-12(10(2)3)13(15)19/h9-12,21H,4-8H2,1-3H3,(H2,15,19)(H,16,20)/t11-,12+/m1/s1. The molecule has 0 fully saturated rings. The number of carbonyl (C=O) groups is 3. The first-order valence-corrected chi connectivity index (χ1v) is 7.33. The van der Waals surface area contributed by atoms with Gasteiger partial charge in [-0.2, -0.15) is 0 Å². The molecule has 7 nitrogen and oxygen atoms in total. The molecule has 7 heteroatoms. The summed E-state index contributed by atoms with van der Waals surface area (Å²) in [5, 5.41) is 12.3. The summed E-state index contributed by atoms with van der Waals surface area (Å²) in [5.74, 6) is -1.65. The van der Waals surface area contributed by atoms with Gasteiger partial charge in [-0.1, -0.05) is 40.0 Å². The first kappa shape index (κ1) is 19.4. The fraction of sp³-hybridized carbons (Fsp3) is 0.786. The Bertz CT molecular complexity index is 347. The van der Waals surface area contributed by atoms with Crippen molar-refractivity contribution in [2.45, 2.75) is 52.5 Å². The average Bonchev–Trinajstić information content (AvgIpc) is 2.42. The van der Waals surface area contributed by atoms with Crippen LogP contribution in [0.4, 0.5) is 0 Å². The molecule has 0 spiro atoms. The van der Waals surface area contributed by atoms with Crippen LogP contribution in [0.1, 0.15) is 46.5 Å². The summed E-state index contributed by atoms with van der Waals surface area (Å²) in [4.78, 5) is 34.1. The zero-order valence-corrected chi connectivity index (χ0v) is 13.0. The molecule has 0 radical (unpaired) electrons. The number of nitrogens with two attached hydrogens (primary N) is 1. The number of rotatable bonds is 11. The molecule has 0 aliphatic heterocycles. The minimum absolute atomic E-state index is 0.0946. The SMILES string of the molecule is CCCCC[C@H](CN(O)C=O)C(=O)N[C@H](C(N)=O)C(C)C. The van der Waals surface area contributed by atoms with Crippen LogP contribution in [-0.4, -0.2) is 41.1 Å². The maximum atomic E-state index is 12.2. The molecule has 21 heavy (non-hydrogen) atoms. The van der Waals surface area contributed by atoms with E-state index in [0.29, 0.717) is 11.5 Å². The molecule has 0 bridgehead atoms. The number of hydrogen-bond donors (Lipinski definition) is 3. The second-order valence-electron chi connectivity index (χ2n) is 5.55. The van der Waals surface area contributed by atoms with Crippen molar-refractivity contribution in [3.05, 3.63) is 0 Å². The molecule has 0 heterocycles. The van der Waals surface area contributed by atoms with Crippen molar-refractivity contribution in [2.75, 3.05) is 6.54 Å². The van der Waals surface area contributed by atoms with E-state index in [2.05, 4.69) is 5.32 Å². The molecule has 0 aromatic carbocycles. The molecular weight excluding hydrogens is 274 g/mol. The van der Waals surface area contributed by atoms with E-state index in [0.717, 1.165) is 19.3 Å². The Morgan fingerprint density at radius 2 is 1.95 bits per heavy atom. The Labute approximate surface area is 125 Å². The Kier molecular flexibility index (Phi) is 9.36. The maximum Gasteiger partial charge on any atom is 0.240 e. The quantitative estimate of drug-likeness (QED) is 0.225. The van der Waals surface area contributed by atoms with Crippen molar-refractivity contribution < 1.29 is 19.6 Å². The van der Waals surface area contributed by atoms with Crippen LogP contribution in [0.3, 0.4) is 0 Å². The lowest BCUT2D eigenvalue weighted by molar-refractivity contribution is -0.155. The average molecular weight is 301 g/mol. The van der Waals surface area contributed by atoms with E-state index in [4.69, 9.17) is 5.73 Å². The second-order valence-corrected chi connectivity index (χ2v) is 5.55. The summed E-state index contributed by atoms with van der Waals surface area (Å²) in [6.45, 7) is 5.51. The van der Waals surface area contributed by atoms with Crippen LogP contribution in [0.25, 0.3) is 0 Å². The normalized spacial score (nSPS) is 13.6. The Morgan fingerprint density at radius 1 is 1.33 bits per heavy atom. The molecule has 0 aromatic heterocycles. The van der Waals surface area contributed by atoms with E-state index < -0.39 is 17.9 Å². The smallest absolute Gasteiger partial charge is 0.240 e. The van der Waals surface area contributed by atoms with Gasteiger partial charge >= 0.3 is 0 Å². The number of hydrogen-bond acceptors (Lipinski definition) is 4. The third-order valence-electron chi connectivity index (χ3n) is 3.33. The third kappa shape index (κ3) is 7.65. The van der Waals surface area contributed by atoms with Gasteiger partial charge in [-0.15, -0.1) is 0 Å². The van der Waals surface area contributed by atoms with E-state index in [9.17, 15) is 19.6 Å². The van der Waals surface area contributed by atoms with Gasteiger partial charge in [0.25, 0.3) is 0 Å². The number of nitrogens with one attached hydrogen (secondary N) is 1. The van der Waals surface area contributed by atoms with Crippen LogP contribution < -0.4 is 11.1 Å². The van der Waals surface area contributed by atoms with Crippen LogP contribution in [-0.2, 0) is 14.4 Å². The minimum Gasteiger partial charge on any atom is -0.368 e. The summed E-state index contributed by atoms with van der Waals surface area (Å²) in [6, 6.07) is -0.755. The third-order valence-corrected chi connectivity index (χ3v) is 3.33. The highest BCUT2D eigenvalue weighted by molar-refractivity contribution is 5.87.